The molecule has 1 aromatic carbocycles. The molecule has 1 heterocycles. The van der Waals surface area contributed by atoms with Crippen LogP contribution in [0.25, 0.3) is 10.9 Å². The first-order valence-corrected chi connectivity index (χ1v) is 5.03. The first-order chi connectivity index (χ1) is 7.22. The first kappa shape index (κ1) is 9.71. The number of hydrogen-bond acceptors (Lipinski definition) is 4. The molecule has 1 aromatic heterocycles. The fourth-order valence-corrected chi connectivity index (χ4v) is 1.78. The highest BCUT2D eigenvalue weighted by Crippen LogP contribution is 2.23. The number of rotatable bonds is 2. The van der Waals surface area contributed by atoms with Gasteiger partial charge in [-0.25, -0.2) is 4.98 Å². The van der Waals surface area contributed by atoms with Crippen LogP contribution in [-0.4, -0.2) is 9.97 Å². The molecule has 0 radical (unpaired) electrons. The summed E-state index contributed by atoms with van der Waals surface area (Å²) in [5.74, 6) is 0.704. The van der Waals surface area contributed by atoms with E-state index in [-0.39, 0.29) is 5.95 Å². The van der Waals surface area contributed by atoms with E-state index >= 15 is 0 Å². The quantitative estimate of drug-likeness (QED) is 0.777. The SMILES string of the molecule is CCCc1cccc2nc(N)nc(N)c12. The van der Waals surface area contributed by atoms with Gasteiger partial charge < -0.3 is 11.5 Å². The lowest BCUT2D eigenvalue weighted by molar-refractivity contribution is 0.929. The van der Waals surface area contributed by atoms with Crippen molar-refractivity contribution in [1.29, 1.82) is 0 Å². The number of nitrogens with zero attached hydrogens (tertiary/aromatic N) is 2. The number of benzene rings is 1. The van der Waals surface area contributed by atoms with Gasteiger partial charge in [-0.05, 0) is 18.1 Å². The van der Waals surface area contributed by atoms with Crippen molar-refractivity contribution in [2.24, 2.45) is 0 Å². The van der Waals surface area contributed by atoms with Crippen LogP contribution in [0, 0.1) is 0 Å². The van der Waals surface area contributed by atoms with Gasteiger partial charge in [-0.2, -0.15) is 4.98 Å². The molecule has 4 N–H and O–H groups in total. The summed E-state index contributed by atoms with van der Waals surface area (Å²) in [6.45, 7) is 2.13. The molecule has 4 nitrogen and oxygen atoms in total. The third kappa shape index (κ3) is 1.70. The Bertz CT molecular complexity index is 493. The van der Waals surface area contributed by atoms with Gasteiger partial charge in [0.05, 0.1) is 5.52 Å². The molecule has 0 aliphatic carbocycles. The van der Waals surface area contributed by atoms with Crippen LogP contribution in [0.2, 0.25) is 0 Å². The second-order valence-electron chi connectivity index (χ2n) is 3.53. The van der Waals surface area contributed by atoms with Crippen LogP contribution >= 0.6 is 0 Å². The molecule has 0 aliphatic heterocycles. The number of anilines is 2. The minimum atomic E-state index is 0.230. The number of nitrogens with two attached hydrogens (primary N) is 2. The molecule has 15 heavy (non-hydrogen) atoms. The summed E-state index contributed by atoms with van der Waals surface area (Å²) in [5, 5.41) is 0.938. The predicted octanol–water partition coefficient (Wildman–Crippen LogP) is 1.75. The lowest BCUT2D eigenvalue weighted by Gasteiger charge is -2.07. The molecule has 0 saturated carbocycles. The lowest BCUT2D eigenvalue weighted by Crippen LogP contribution is -2.02. The van der Waals surface area contributed by atoms with Crippen LogP contribution in [0.4, 0.5) is 11.8 Å². The smallest absolute Gasteiger partial charge is 0.222 e. The minimum absolute atomic E-state index is 0.230. The van der Waals surface area contributed by atoms with Crippen LogP contribution in [0.1, 0.15) is 18.9 Å². The number of fused-ring (bicyclic) bond motifs is 1. The summed E-state index contributed by atoms with van der Waals surface area (Å²) >= 11 is 0. The molecule has 0 aliphatic rings. The molecule has 4 heteroatoms. The molecule has 2 aromatic rings. The average Bonchev–Trinajstić information content (AvgIpc) is 2.17. The zero-order chi connectivity index (χ0) is 10.8. The molecule has 0 amide bonds. The Balaban J connectivity index is 2.73. The Morgan fingerprint density at radius 2 is 2.00 bits per heavy atom. The predicted molar refractivity (Wildman–Crippen MR) is 62.4 cm³/mol. The molecule has 0 unspecified atom stereocenters. The van der Waals surface area contributed by atoms with Crippen molar-refractivity contribution < 1.29 is 0 Å². The Kier molecular flexibility index (Phi) is 2.41. The van der Waals surface area contributed by atoms with E-state index in [1.165, 1.54) is 5.56 Å². The van der Waals surface area contributed by atoms with Gasteiger partial charge in [0.25, 0.3) is 0 Å². The van der Waals surface area contributed by atoms with Gasteiger partial charge in [-0.15, -0.1) is 0 Å². The summed E-state index contributed by atoms with van der Waals surface area (Å²) in [5.41, 5.74) is 13.4. The van der Waals surface area contributed by atoms with Crippen molar-refractivity contribution in [2.45, 2.75) is 19.8 Å². The number of aryl methyl sites for hydroxylation is 1. The molecule has 2 rings (SSSR count). The summed E-state index contributed by atoms with van der Waals surface area (Å²) in [6, 6.07) is 5.93. The van der Waals surface area contributed by atoms with E-state index in [1.54, 1.807) is 0 Å². The van der Waals surface area contributed by atoms with Crippen LogP contribution in [0.3, 0.4) is 0 Å². The largest absolute Gasteiger partial charge is 0.383 e. The van der Waals surface area contributed by atoms with Gasteiger partial charge in [-0.1, -0.05) is 25.5 Å². The van der Waals surface area contributed by atoms with Gasteiger partial charge in [0.15, 0.2) is 0 Å². The van der Waals surface area contributed by atoms with Gasteiger partial charge in [0, 0.05) is 5.39 Å². The van der Waals surface area contributed by atoms with E-state index in [1.807, 2.05) is 12.1 Å². The standard InChI is InChI=1S/C11H14N4/c1-2-4-7-5-3-6-8-9(7)10(12)15-11(13)14-8/h3,5-6H,2,4H2,1H3,(H4,12,13,14,15). The zero-order valence-corrected chi connectivity index (χ0v) is 8.70. The Morgan fingerprint density at radius 3 is 2.73 bits per heavy atom. The highest BCUT2D eigenvalue weighted by molar-refractivity contribution is 5.91. The third-order valence-electron chi connectivity index (χ3n) is 2.37. The molecular formula is C11H14N4. The molecule has 0 saturated heterocycles. The zero-order valence-electron chi connectivity index (χ0n) is 8.70. The fraction of sp³-hybridized carbons (Fsp3) is 0.273. The van der Waals surface area contributed by atoms with Gasteiger partial charge in [0.2, 0.25) is 5.95 Å². The van der Waals surface area contributed by atoms with E-state index in [9.17, 15) is 0 Å². The Morgan fingerprint density at radius 1 is 1.20 bits per heavy atom. The van der Waals surface area contributed by atoms with Crippen LogP contribution in [0.5, 0.6) is 0 Å². The highest BCUT2D eigenvalue weighted by Gasteiger charge is 2.07. The van der Waals surface area contributed by atoms with E-state index in [0.29, 0.717) is 5.82 Å². The summed E-state index contributed by atoms with van der Waals surface area (Å²) in [7, 11) is 0. The molecule has 0 atom stereocenters. The molecular weight excluding hydrogens is 188 g/mol. The van der Waals surface area contributed by atoms with Gasteiger partial charge in [-0.3, -0.25) is 0 Å². The maximum absolute atomic E-state index is 5.86. The maximum atomic E-state index is 5.86. The van der Waals surface area contributed by atoms with Crippen molar-refractivity contribution >= 4 is 22.7 Å². The van der Waals surface area contributed by atoms with E-state index in [0.717, 1.165) is 23.7 Å². The fourth-order valence-electron chi connectivity index (χ4n) is 1.78. The van der Waals surface area contributed by atoms with Crippen molar-refractivity contribution in [3.63, 3.8) is 0 Å². The number of hydrogen-bond donors (Lipinski definition) is 2. The molecule has 0 spiro atoms. The second-order valence-corrected chi connectivity index (χ2v) is 3.53. The minimum Gasteiger partial charge on any atom is -0.383 e. The third-order valence-corrected chi connectivity index (χ3v) is 2.37. The van der Waals surface area contributed by atoms with Crippen molar-refractivity contribution in [3.8, 4) is 0 Å². The van der Waals surface area contributed by atoms with Gasteiger partial charge in [0.1, 0.15) is 5.82 Å². The number of aromatic nitrogens is 2. The summed E-state index contributed by atoms with van der Waals surface area (Å²) in [4.78, 5) is 8.16. The lowest BCUT2D eigenvalue weighted by atomic mass is 10.0. The number of nitrogen functional groups attached to an aromatic ring is 2. The molecule has 78 valence electrons. The first-order valence-electron chi connectivity index (χ1n) is 5.03. The molecule has 0 fully saturated rings. The topological polar surface area (TPSA) is 77.8 Å². The second kappa shape index (κ2) is 3.73. The average molecular weight is 202 g/mol. The molecule has 0 bridgehead atoms. The van der Waals surface area contributed by atoms with Gasteiger partial charge >= 0.3 is 0 Å². The summed E-state index contributed by atoms with van der Waals surface area (Å²) < 4.78 is 0. The van der Waals surface area contributed by atoms with Crippen molar-refractivity contribution in [1.82, 2.24) is 9.97 Å². The maximum Gasteiger partial charge on any atom is 0.222 e. The Labute approximate surface area is 88.3 Å². The van der Waals surface area contributed by atoms with Crippen molar-refractivity contribution in [2.75, 3.05) is 11.5 Å². The summed E-state index contributed by atoms with van der Waals surface area (Å²) in [6.07, 6.45) is 2.05. The van der Waals surface area contributed by atoms with E-state index in [4.69, 9.17) is 11.5 Å². The van der Waals surface area contributed by atoms with E-state index < -0.39 is 0 Å². The van der Waals surface area contributed by atoms with Crippen LogP contribution in [0.15, 0.2) is 18.2 Å². The van der Waals surface area contributed by atoms with Crippen LogP contribution < -0.4 is 11.5 Å². The van der Waals surface area contributed by atoms with E-state index in [2.05, 4.69) is 23.0 Å². The van der Waals surface area contributed by atoms with Crippen LogP contribution in [-0.2, 0) is 6.42 Å². The Hall–Kier alpha value is -1.84. The normalized spacial score (nSPS) is 10.7. The van der Waals surface area contributed by atoms with Crippen molar-refractivity contribution in [3.05, 3.63) is 23.8 Å². The monoisotopic (exact) mass is 202 g/mol. The highest BCUT2D eigenvalue weighted by atomic mass is 15.0.